The van der Waals surface area contributed by atoms with Crippen molar-refractivity contribution in [3.63, 3.8) is 0 Å². The van der Waals surface area contributed by atoms with E-state index in [0.29, 0.717) is 18.6 Å². The van der Waals surface area contributed by atoms with Crippen molar-refractivity contribution in [3.05, 3.63) is 15.6 Å². The highest BCUT2D eigenvalue weighted by Crippen LogP contribution is 2.28. The number of nitrogens with one attached hydrogen (secondary N) is 1. The topological polar surface area (TPSA) is 45.1 Å². The molecule has 2 atom stereocenters. The van der Waals surface area contributed by atoms with Crippen LogP contribution in [0.2, 0.25) is 0 Å². The molecule has 0 saturated heterocycles. The minimum atomic E-state index is 0.325. The zero-order chi connectivity index (χ0) is 12.4. The fraction of sp³-hybridized carbons (Fsp3) is 0.786. The van der Waals surface area contributed by atoms with Gasteiger partial charge in [0, 0.05) is 24.1 Å². The molecule has 0 aromatic carbocycles. The van der Waals surface area contributed by atoms with E-state index in [1.807, 2.05) is 11.3 Å². The first-order valence-corrected chi connectivity index (χ1v) is 8.00. The zero-order valence-corrected chi connectivity index (χ0v) is 11.6. The van der Waals surface area contributed by atoms with Crippen molar-refractivity contribution in [1.82, 2.24) is 10.3 Å². The van der Waals surface area contributed by atoms with Crippen molar-refractivity contribution in [2.45, 2.75) is 57.5 Å². The molecule has 0 amide bonds. The summed E-state index contributed by atoms with van der Waals surface area (Å²) in [6.07, 6.45) is 8.64. The third-order valence-electron chi connectivity index (χ3n) is 4.30. The van der Waals surface area contributed by atoms with E-state index in [4.69, 9.17) is 4.98 Å². The lowest BCUT2D eigenvalue weighted by Crippen LogP contribution is -2.39. The lowest BCUT2D eigenvalue weighted by molar-refractivity contribution is 0.152. The van der Waals surface area contributed by atoms with Crippen LogP contribution >= 0.6 is 11.3 Å². The second kappa shape index (κ2) is 5.68. The van der Waals surface area contributed by atoms with Crippen molar-refractivity contribution in [3.8, 4) is 0 Å². The summed E-state index contributed by atoms with van der Waals surface area (Å²) in [6.45, 7) is 1.21. The number of rotatable bonds is 4. The Balaban J connectivity index is 1.56. The van der Waals surface area contributed by atoms with Gasteiger partial charge in [-0.3, -0.25) is 0 Å². The van der Waals surface area contributed by atoms with Crippen LogP contribution in [0.25, 0.3) is 0 Å². The largest absolute Gasteiger partial charge is 0.396 e. The van der Waals surface area contributed by atoms with Crippen molar-refractivity contribution in [2.24, 2.45) is 5.92 Å². The Kier molecular flexibility index (Phi) is 3.97. The van der Waals surface area contributed by atoms with Gasteiger partial charge in [-0.25, -0.2) is 4.98 Å². The van der Waals surface area contributed by atoms with Crippen LogP contribution in [0.15, 0.2) is 0 Å². The fourth-order valence-electron chi connectivity index (χ4n) is 3.23. The van der Waals surface area contributed by atoms with Gasteiger partial charge in [0.2, 0.25) is 0 Å². The Morgan fingerprint density at radius 1 is 1.22 bits per heavy atom. The standard InChI is InChI=1S/C14H22N2OS/c17-9-10-4-1-2-5-11(10)15-8-14-16-12-6-3-7-13(12)18-14/h10-11,15,17H,1-9H2. The molecule has 1 aromatic rings. The van der Waals surface area contributed by atoms with Crippen LogP contribution < -0.4 is 5.32 Å². The molecule has 100 valence electrons. The Bertz CT molecular complexity index is 383. The van der Waals surface area contributed by atoms with Crippen LogP contribution in [0, 0.1) is 5.92 Å². The third kappa shape index (κ3) is 2.60. The molecule has 3 rings (SSSR count). The van der Waals surface area contributed by atoms with Crippen LogP contribution in [-0.2, 0) is 19.4 Å². The van der Waals surface area contributed by atoms with Gasteiger partial charge in [-0.2, -0.15) is 0 Å². The van der Waals surface area contributed by atoms with Crippen LogP contribution in [0.4, 0.5) is 0 Å². The van der Waals surface area contributed by atoms with E-state index in [1.165, 1.54) is 60.5 Å². The average molecular weight is 266 g/mol. The first-order chi connectivity index (χ1) is 8.86. The summed E-state index contributed by atoms with van der Waals surface area (Å²) in [4.78, 5) is 6.23. The molecular weight excluding hydrogens is 244 g/mol. The van der Waals surface area contributed by atoms with E-state index in [-0.39, 0.29) is 0 Å². The lowest BCUT2D eigenvalue weighted by Gasteiger charge is -2.30. The van der Waals surface area contributed by atoms with Gasteiger partial charge in [-0.05, 0) is 38.0 Å². The van der Waals surface area contributed by atoms with Crippen molar-refractivity contribution in [2.75, 3.05) is 6.61 Å². The van der Waals surface area contributed by atoms with Crippen LogP contribution in [-0.4, -0.2) is 22.7 Å². The molecule has 0 spiro atoms. The van der Waals surface area contributed by atoms with E-state index in [9.17, 15) is 5.11 Å². The lowest BCUT2D eigenvalue weighted by atomic mass is 9.85. The summed E-state index contributed by atoms with van der Waals surface area (Å²) in [5, 5.41) is 14.3. The van der Waals surface area contributed by atoms with E-state index < -0.39 is 0 Å². The smallest absolute Gasteiger partial charge is 0.107 e. The maximum absolute atomic E-state index is 9.40. The fourth-order valence-corrected chi connectivity index (χ4v) is 4.34. The first-order valence-electron chi connectivity index (χ1n) is 7.18. The van der Waals surface area contributed by atoms with Gasteiger partial charge in [-0.1, -0.05) is 12.8 Å². The van der Waals surface area contributed by atoms with Crippen molar-refractivity contribution in [1.29, 1.82) is 0 Å². The van der Waals surface area contributed by atoms with E-state index >= 15 is 0 Å². The van der Waals surface area contributed by atoms with Gasteiger partial charge in [-0.15, -0.1) is 11.3 Å². The predicted octanol–water partition coefficient (Wildman–Crippen LogP) is 2.27. The average Bonchev–Trinajstić information content (AvgIpc) is 2.97. The summed E-state index contributed by atoms with van der Waals surface area (Å²) >= 11 is 1.88. The minimum Gasteiger partial charge on any atom is -0.396 e. The monoisotopic (exact) mass is 266 g/mol. The second-order valence-corrected chi connectivity index (χ2v) is 6.71. The Morgan fingerprint density at radius 2 is 2.11 bits per heavy atom. The Morgan fingerprint density at radius 3 is 2.94 bits per heavy atom. The number of aliphatic hydroxyl groups excluding tert-OH is 1. The van der Waals surface area contributed by atoms with Gasteiger partial charge in [0.25, 0.3) is 0 Å². The normalized spacial score (nSPS) is 27.4. The number of aromatic nitrogens is 1. The summed E-state index contributed by atoms with van der Waals surface area (Å²) in [7, 11) is 0. The number of aliphatic hydroxyl groups is 1. The zero-order valence-electron chi connectivity index (χ0n) is 10.8. The highest BCUT2D eigenvalue weighted by atomic mass is 32.1. The molecule has 2 unspecified atom stereocenters. The minimum absolute atomic E-state index is 0.325. The summed E-state index contributed by atoms with van der Waals surface area (Å²) in [5.41, 5.74) is 1.35. The summed E-state index contributed by atoms with van der Waals surface area (Å²) in [5.74, 6) is 0.450. The number of nitrogens with zero attached hydrogens (tertiary/aromatic N) is 1. The number of thiazole rings is 1. The highest BCUT2D eigenvalue weighted by Gasteiger charge is 2.24. The highest BCUT2D eigenvalue weighted by molar-refractivity contribution is 7.11. The molecule has 1 heterocycles. The van der Waals surface area contributed by atoms with Gasteiger partial charge in [0.1, 0.15) is 5.01 Å². The first kappa shape index (κ1) is 12.6. The molecule has 2 N–H and O–H groups in total. The number of fused-ring (bicyclic) bond motifs is 1. The second-order valence-electron chi connectivity index (χ2n) is 5.55. The molecule has 0 radical (unpaired) electrons. The Hall–Kier alpha value is -0.450. The molecule has 18 heavy (non-hydrogen) atoms. The molecular formula is C14H22N2OS. The van der Waals surface area contributed by atoms with Gasteiger partial charge in [0.05, 0.1) is 5.69 Å². The van der Waals surface area contributed by atoms with E-state index in [0.717, 1.165) is 6.54 Å². The number of hydrogen-bond acceptors (Lipinski definition) is 4. The molecule has 1 saturated carbocycles. The van der Waals surface area contributed by atoms with Crippen molar-refractivity contribution >= 4 is 11.3 Å². The van der Waals surface area contributed by atoms with E-state index in [1.54, 1.807) is 0 Å². The summed E-state index contributed by atoms with van der Waals surface area (Å²) in [6, 6.07) is 0.488. The maximum Gasteiger partial charge on any atom is 0.107 e. The quantitative estimate of drug-likeness (QED) is 0.879. The molecule has 2 aliphatic rings. The van der Waals surface area contributed by atoms with Gasteiger partial charge < -0.3 is 10.4 Å². The molecule has 1 aromatic heterocycles. The number of hydrogen-bond donors (Lipinski definition) is 2. The van der Waals surface area contributed by atoms with Gasteiger partial charge in [0.15, 0.2) is 0 Å². The Labute approximate surface area is 113 Å². The number of aryl methyl sites for hydroxylation is 2. The molecule has 0 aliphatic heterocycles. The molecule has 1 fully saturated rings. The maximum atomic E-state index is 9.40. The van der Waals surface area contributed by atoms with Crippen LogP contribution in [0.3, 0.4) is 0 Å². The molecule has 0 bridgehead atoms. The summed E-state index contributed by atoms with van der Waals surface area (Å²) < 4.78 is 0. The van der Waals surface area contributed by atoms with Crippen molar-refractivity contribution < 1.29 is 5.11 Å². The third-order valence-corrected chi connectivity index (χ3v) is 5.46. The van der Waals surface area contributed by atoms with Crippen LogP contribution in [0.5, 0.6) is 0 Å². The van der Waals surface area contributed by atoms with Gasteiger partial charge >= 0.3 is 0 Å². The molecule has 3 nitrogen and oxygen atoms in total. The predicted molar refractivity (Wildman–Crippen MR) is 73.8 cm³/mol. The SMILES string of the molecule is OCC1CCCCC1NCc1nc2c(s1)CCC2. The molecule has 4 heteroatoms. The van der Waals surface area contributed by atoms with Crippen LogP contribution in [0.1, 0.15) is 47.7 Å². The molecule has 2 aliphatic carbocycles. The van der Waals surface area contributed by atoms with E-state index in [2.05, 4.69) is 5.32 Å².